The number of urea groups is 1. The van der Waals surface area contributed by atoms with Gasteiger partial charge in [-0.1, -0.05) is 42.5 Å². The van der Waals surface area contributed by atoms with Crippen LogP contribution in [0.15, 0.2) is 60.8 Å². The zero-order chi connectivity index (χ0) is 21.5. The molecule has 3 amide bonds. The Morgan fingerprint density at radius 2 is 1.73 bits per heavy atom. The van der Waals surface area contributed by atoms with Gasteiger partial charge < -0.3 is 10.1 Å². The molecule has 0 bridgehead atoms. The van der Waals surface area contributed by atoms with Gasteiger partial charge in [-0.2, -0.15) is 5.10 Å². The van der Waals surface area contributed by atoms with E-state index in [1.54, 1.807) is 17.8 Å². The van der Waals surface area contributed by atoms with E-state index in [-0.39, 0.29) is 5.56 Å². The molecule has 0 radical (unpaired) electrons. The fourth-order valence-corrected chi connectivity index (χ4v) is 2.85. The summed E-state index contributed by atoms with van der Waals surface area (Å²) >= 11 is 0. The third-order valence-corrected chi connectivity index (χ3v) is 4.28. The normalized spacial score (nSPS) is 10.3. The molecule has 0 fully saturated rings. The number of ether oxygens (including phenoxy) is 1. The third-order valence-electron chi connectivity index (χ3n) is 4.28. The van der Waals surface area contributed by atoms with Crippen molar-refractivity contribution in [2.45, 2.75) is 13.8 Å². The van der Waals surface area contributed by atoms with Gasteiger partial charge in [-0.25, -0.2) is 14.3 Å². The van der Waals surface area contributed by atoms with Crippen LogP contribution < -0.4 is 10.6 Å². The fourth-order valence-electron chi connectivity index (χ4n) is 2.85. The smallest absolute Gasteiger partial charge is 0.342 e. The Kier molecular flexibility index (Phi) is 6.59. The lowest BCUT2D eigenvalue weighted by Crippen LogP contribution is -2.41. The van der Waals surface area contributed by atoms with Gasteiger partial charge in [-0.3, -0.25) is 10.1 Å². The minimum absolute atomic E-state index is 0.221. The molecule has 0 aliphatic heterocycles. The van der Waals surface area contributed by atoms with Crippen LogP contribution in [0.3, 0.4) is 0 Å². The number of hydrogen-bond donors (Lipinski definition) is 2. The number of aromatic nitrogens is 2. The number of imide groups is 1. The Labute approximate surface area is 173 Å². The SMILES string of the molecule is CCNC(=O)NC(=O)COC(=O)c1cn(-c2ccccc2)nc1-c1ccccc1C. The highest BCUT2D eigenvalue weighted by atomic mass is 16.5. The first-order valence-corrected chi connectivity index (χ1v) is 9.45. The number of aryl methyl sites for hydroxylation is 1. The first kappa shape index (κ1) is 20.8. The molecule has 2 N–H and O–H groups in total. The van der Waals surface area contributed by atoms with Gasteiger partial charge in [-0.15, -0.1) is 0 Å². The van der Waals surface area contributed by atoms with Gasteiger partial charge in [0.25, 0.3) is 5.91 Å². The summed E-state index contributed by atoms with van der Waals surface area (Å²) in [6, 6.07) is 16.3. The predicted octanol–water partition coefficient (Wildman–Crippen LogP) is 2.85. The van der Waals surface area contributed by atoms with Crippen LogP contribution >= 0.6 is 0 Å². The van der Waals surface area contributed by atoms with Crippen LogP contribution in [-0.4, -0.2) is 40.8 Å². The van der Waals surface area contributed by atoms with Crippen molar-refractivity contribution in [3.05, 3.63) is 71.9 Å². The first-order chi connectivity index (χ1) is 14.5. The molecule has 3 aromatic rings. The Hall–Kier alpha value is -3.94. The summed E-state index contributed by atoms with van der Waals surface area (Å²) in [6.45, 7) is 3.43. The molecule has 0 aliphatic carbocycles. The lowest BCUT2D eigenvalue weighted by atomic mass is 10.0. The molecule has 2 aromatic carbocycles. The maximum absolute atomic E-state index is 12.8. The highest BCUT2D eigenvalue weighted by molar-refractivity contribution is 5.99. The van der Waals surface area contributed by atoms with E-state index in [9.17, 15) is 14.4 Å². The first-order valence-electron chi connectivity index (χ1n) is 9.45. The Morgan fingerprint density at radius 1 is 1.03 bits per heavy atom. The molecule has 154 valence electrons. The van der Waals surface area contributed by atoms with Crippen LogP contribution in [0.1, 0.15) is 22.8 Å². The van der Waals surface area contributed by atoms with E-state index in [1.807, 2.05) is 61.5 Å². The maximum atomic E-state index is 12.8. The zero-order valence-electron chi connectivity index (χ0n) is 16.7. The van der Waals surface area contributed by atoms with Crippen LogP contribution in [0, 0.1) is 6.92 Å². The van der Waals surface area contributed by atoms with Gasteiger partial charge in [-0.05, 0) is 31.5 Å². The average Bonchev–Trinajstić information content (AvgIpc) is 3.18. The summed E-state index contributed by atoms with van der Waals surface area (Å²) in [4.78, 5) is 36.0. The van der Waals surface area contributed by atoms with Crippen LogP contribution in [0.5, 0.6) is 0 Å². The second-order valence-electron chi connectivity index (χ2n) is 6.47. The van der Waals surface area contributed by atoms with Gasteiger partial charge in [0.2, 0.25) is 0 Å². The number of para-hydroxylation sites is 1. The summed E-state index contributed by atoms with van der Waals surface area (Å²) < 4.78 is 6.73. The number of benzene rings is 2. The summed E-state index contributed by atoms with van der Waals surface area (Å²) in [5.41, 5.74) is 3.18. The van der Waals surface area contributed by atoms with E-state index in [2.05, 4.69) is 15.7 Å². The Bertz CT molecular complexity index is 1060. The number of amides is 3. The minimum atomic E-state index is -0.720. The lowest BCUT2D eigenvalue weighted by molar-refractivity contribution is -0.123. The molecule has 8 nitrogen and oxygen atoms in total. The number of carbonyl (C=O) groups excluding carboxylic acids is 3. The summed E-state index contributed by atoms with van der Waals surface area (Å²) in [7, 11) is 0. The second-order valence-corrected chi connectivity index (χ2v) is 6.47. The van der Waals surface area contributed by atoms with E-state index in [1.165, 1.54) is 0 Å². The van der Waals surface area contributed by atoms with Crippen molar-refractivity contribution in [2.75, 3.05) is 13.2 Å². The number of hydrogen-bond acceptors (Lipinski definition) is 5. The Morgan fingerprint density at radius 3 is 2.43 bits per heavy atom. The highest BCUT2D eigenvalue weighted by Crippen LogP contribution is 2.27. The molecule has 0 unspecified atom stereocenters. The minimum Gasteiger partial charge on any atom is -0.452 e. The number of nitrogens with zero attached hydrogens (tertiary/aromatic N) is 2. The fraction of sp³-hybridized carbons (Fsp3) is 0.182. The predicted molar refractivity (Wildman–Crippen MR) is 111 cm³/mol. The van der Waals surface area contributed by atoms with Gasteiger partial charge in [0.15, 0.2) is 6.61 Å². The molecule has 3 rings (SSSR count). The quantitative estimate of drug-likeness (QED) is 0.613. The average molecular weight is 406 g/mol. The van der Waals surface area contributed by atoms with Gasteiger partial charge in [0.1, 0.15) is 11.3 Å². The molecular formula is C22H22N4O4. The van der Waals surface area contributed by atoms with Crippen LogP contribution in [0.25, 0.3) is 16.9 Å². The second kappa shape index (κ2) is 9.51. The molecule has 0 saturated carbocycles. The lowest BCUT2D eigenvalue weighted by Gasteiger charge is -2.07. The van der Waals surface area contributed by atoms with E-state index in [4.69, 9.17) is 4.74 Å². The van der Waals surface area contributed by atoms with E-state index in [0.717, 1.165) is 16.8 Å². The number of esters is 1. The monoisotopic (exact) mass is 406 g/mol. The third kappa shape index (κ3) is 4.91. The molecule has 0 spiro atoms. The maximum Gasteiger partial charge on any atom is 0.342 e. The van der Waals surface area contributed by atoms with Crippen molar-refractivity contribution in [1.29, 1.82) is 0 Å². The largest absolute Gasteiger partial charge is 0.452 e. The number of rotatable bonds is 6. The molecular weight excluding hydrogens is 384 g/mol. The van der Waals surface area contributed by atoms with Crippen molar-refractivity contribution in [1.82, 2.24) is 20.4 Å². The molecule has 1 heterocycles. The molecule has 0 saturated heterocycles. The van der Waals surface area contributed by atoms with Crippen molar-refractivity contribution >= 4 is 17.9 Å². The standard InChI is InChI=1S/C22H22N4O4/c1-3-23-22(29)24-19(27)14-30-21(28)18-13-26(16-10-5-4-6-11-16)25-20(18)17-12-8-7-9-15(17)2/h4-13H,3,14H2,1-2H3,(H2,23,24,27,29). The summed E-state index contributed by atoms with van der Waals surface area (Å²) in [5, 5.41) is 9.10. The molecule has 0 aliphatic rings. The number of carbonyl (C=O) groups is 3. The van der Waals surface area contributed by atoms with Crippen molar-refractivity contribution in [3.8, 4) is 16.9 Å². The van der Waals surface area contributed by atoms with E-state index >= 15 is 0 Å². The summed E-state index contributed by atoms with van der Waals surface area (Å²) in [5.74, 6) is -1.43. The van der Waals surface area contributed by atoms with Gasteiger partial charge >= 0.3 is 12.0 Å². The van der Waals surface area contributed by atoms with Gasteiger partial charge in [0.05, 0.1) is 5.69 Å². The molecule has 1 aromatic heterocycles. The van der Waals surface area contributed by atoms with Crippen molar-refractivity contribution in [2.24, 2.45) is 0 Å². The highest BCUT2D eigenvalue weighted by Gasteiger charge is 2.22. The summed E-state index contributed by atoms with van der Waals surface area (Å²) in [6.07, 6.45) is 1.57. The molecule has 30 heavy (non-hydrogen) atoms. The molecule has 8 heteroatoms. The Balaban J connectivity index is 1.86. The topological polar surface area (TPSA) is 102 Å². The van der Waals surface area contributed by atoms with Gasteiger partial charge in [0, 0.05) is 18.3 Å². The van der Waals surface area contributed by atoms with E-state index in [0.29, 0.717) is 12.2 Å². The van der Waals surface area contributed by atoms with Crippen molar-refractivity contribution in [3.63, 3.8) is 0 Å². The zero-order valence-corrected chi connectivity index (χ0v) is 16.7. The van der Waals surface area contributed by atoms with Crippen LogP contribution in [0.4, 0.5) is 4.79 Å². The number of nitrogens with one attached hydrogen (secondary N) is 2. The van der Waals surface area contributed by atoms with Crippen LogP contribution in [0.2, 0.25) is 0 Å². The van der Waals surface area contributed by atoms with Crippen LogP contribution in [-0.2, 0) is 9.53 Å². The molecule has 0 atom stereocenters. The van der Waals surface area contributed by atoms with E-state index < -0.39 is 24.5 Å². The van der Waals surface area contributed by atoms with Crippen molar-refractivity contribution < 1.29 is 19.1 Å².